The molecule has 8 N–H and O–H groups in total. The van der Waals surface area contributed by atoms with E-state index in [1.54, 1.807) is 13.2 Å². The minimum atomic E-state index is -0.753. The molecule has 0 radical (unpaired) electrons. The first-order valence-electron chi connectivity index (χ1n) is 10.6. The first-order valence-corrected chi connectivity index (χ1v) is 10.6. The first kappa shape index (κ1) is 23.4. The van der Waals surface area contributed by atoms with Gasteiger partial charge in [-0.2, -0.15) is 4.98 Å². The van der Waals surface area contributed by atoms with Gasteiger partial charge in [-0.25, -0.2) is 0 Å². The maximum absolute atomic E-state index is 11.8. The smallest absolute Gasteiger partial charge is 0.273 e. The molecule has 11 heteroatoms. The Morgan fingerprint density at radius 2 is 2.09 bits per heavy atom. The van der Waals surface area contributed by atoms with Crippen LogP contribution in [0.15, 0.2) is 23.2 Å². The Bertz CT molecular complexity index is 960. The van der Waals surface area contributed by atoms with E-state index in [-0.39, 0.29) is 29.5 Å². The maximum Gasteiger partial charge on any atom is 0.273 e. The monoisotopic (exact) mass is 441 g/mol. The molecule has 2 aromatic rings. The van der Waals surface area contributed by atoms with Crippen molar-refractivity contribution < 1.29 is 9.53 Å². The van der Waals surface area contributed by atoms with Gasteiger partial charge in [0.2, 0.25) is 5.95 Å². The summed E-state index contributed by atoms with van der Waals surface area (Å²) < 4.78 is 5.07. The number of hydrogen-bond acceptors (Lipinski definition) is 10. The molecule has 1 aliphatic carbocycles. The summed E-state index contributed by atoms with van der Waals surface area (Å²) in [5.41, 5.74) is 19.6. The average molecular weight is 442 g/mol. The first-order chi connectivity index (χ1) is 15.4. The molecule has 3 rings (SSSR count). The van der Waals surface area contributed by atoms with E-state index in [2.05, 4.69) is 30.8 Å². The lowest BCUT2D eigenvalue weighted by Gasteiger charge is -2.20. The lowest BCUT2D eigenvalue weighted by Crippen LogP contribution is -2.41. The fourth-order valence-electron chi connectivity index (χ4n) is 3.43. The summed E-state index contributed by atoms with van der Waals surface area (Å²) in [7, 11) is 1.58. The summed E-state index contributed by atoms with van der Waals surface area (Å²) >= 11 is 0. The number of aromatic nitrogens is 3. The van der Waals surface area contributed by atoms with E-state index in [1.807, 2.05) is 25.3 Å². The van der Waals surface area contributed by atoms with Gasteiger partial charge in [-0.1, -0.05) is 12.8 Å². The van der Waals surface area contributed by atoms with Crippen LogP contribution < -0.4 is 27.8 Å². The van der Waals surface area contributed by atoms with Crippen LogP contribution in [0.2, 0.25) is 0 Å². The highest BCUT2D eigenvalue weighted by Gasteiger charge is 2.18. The van der Waals surface area contributed by atoms with Crippen molar-refractivity contribution >= 4 is 35.3 Å². The summed E-state index contributed by atoms with van der Waals surface area (Å²) in [6.45, 7) is 2.23. The number of nitrogens with zero attached hydrogens (tertiary/aromatic N) is 4. The van der Waals surface area contributed by atoms with E-state index in [4.69, 9.17) is 21.9 Å². The number of aliphatic imine (C=N–C) groups is 1. The van der Waals surface area contributed by atoms with E-state index in [9.17, 15) is 4.79 Å². The Kier molecular flexibility index (Phi) is 7.90. The van der Waals surface area contributed by atoms with Gasteiger partial charge in [0.1, 0.15) is 0 Å². The summed E-state index contributed by atoms with van der Waals surface area (Å²) in [5, 5.41) is 13.9. The highest BCUT2D eigenvalue weighted by Crippen LogP contribution is 2.24. The molecule has 2 atom stereocenters. The van der Waals surface area contributed by atoms with Crippen molar-refractivity contribution in [1.29, 1.82) is 0 Å². The molecule has 11 nitrogen and oxygen atoms in total. The second-order valence-corrected chi connectivity index (χ2v) is 7.93. The number of nitrogen functional groups attached to an aromatic ring is 1. The van der Waals surface area contributed by atoms with Crippen molar-refractivity contribution in [3.8, 4) is 0 Å². The van der Waals surface area contributed by atoms with Crippen LogP contribution in [-0.4, -0.2) is 59.1 Å². The number of amides is 1. The molecule has 1 aliphatic rings. The molecule has 1 heterocycles. The molecule has 0 spiro atoms. The van der Waals surface area contributed by atoms with Crippen LogP contribution in [0.5, 0.6) is 0 Å². The summed E-state index contributed by atoms with van der Waals surface area (Å²) in [6, 6.07) is 5.32. The number of hydrogen-bond donors (Lipinski definition) is 5. The molecule has 1 aromatic heterocycles. The van der Waals surface area contributed by atoms with Crippen LogP contribution in [0.25, 0.3) is 0 Å². The van der Waals surface area contributed by atoms with Crippen molar-refractivity contribution in [3.63, 3.8) is 0 Å². The lowest BCUT2D eigenvalue weighted by atomic mass is 10.1. The molecule has 1 aromatic carbocycles. The quantitative estimate of drug-likeness (QED) is 0.269. The molecule has 32 heavy (non-hydrogen) atoms. The Hall–Kier alpha value is -3.31. The number of primary amides is 1. The zero-order valence-corrected chi connectivity index (χ0v) is 18.4. The highest BCUT2D eigenvalue weighted by atomic mass is 16.5. The van der Waals surface area contributed by atoms with Crippen LogP contribution in [-0.2, 0) is 4.74 Å². The maximum atomic E-state index is 11.8. The summed E-state index contributed by atoms with van der Waals surface area (Å²) in [6.07, 6.45) is 6.52. The van der Waals surface area contributed by atoms with Crippen LogP contribution >= 0.6 is 0 Å². The second-order valence-electron chi connectivity index (χ2n) is 7.93. The minimum absolute atomic E-state index is 0.0881. The van der Waals surface area contributed by atoms with E-state index < -0.39 is 5.91 Å². The Labute approximate surface area is 187 Å². The number of benzene rings is 1. The third kappa shape index (κ3) is 6.11. The average Bonchev–Trinajstić information content (AvgIpc) is 3.27. The van der Waals surface area contributed by atoms with Gasteiger partial charge in [0.25, 0.3) is 5.91 Å². The Morgan fingerprint density at radius 1 is 1.34 bits per heavy atom. The standard InChI is InChI=1S/C21H31N9O2/c1-12(17(23)11-32-2)26-21-28-20(18(19(24)31)29-30-21)27-15-8-7-13(16(22)9-15)10-25-14-5-3-4-6-14/h7-10,12,14,17H,3-6,11,22-23H2,1-2H3,(H2,24,31)(H2,26,27,28,30)/t12-,17+/m1/s1. The molecule has 172 valence electrons. The lowest BCUT2D eigenvalue weighted by molar-refractivity contribution is 0.0995. The van der Waals surface area contributed by atoms with Gasteiger partial charge in [0.05, 0.1) is 6.61 Å². The zero-order valence-electron chi connectivity index (χ0n) is 18.4. The Morgan fingerprint density at radius 3 is 2.75 bits per heavy atom. The van der Waals surface area contributed by atoms with Gasteiger partial charge >= 0.3 is 0 Å². The number of carbonyl (C=O) groups excluding carboxylic acids is 1. The number of carbonyl (C=O) groups is 1. The number of anilines is 4. The highest BCUT2D eigenvalue weighted by molar-refractivity contribution is 5.96. The van der Waals surface area contributed by atoms with Gasteiger partial charge in [-0.15, -0.1) is 10.2 Å². The number of methoxy groups -OCH3 is 1. The fourth-order valence-corrected chi connectivity index (χ4v) is 3.43. The van der Waals surface area contributed by atoms with Gasteiger partial charge in [-0.05, 0) is 38.0 Å². The summed E-state index contributed by atoms with van der Waals surface area (Å²) in [4.78, 5) is 20.8. The molecule has 1 saturated carbocycles. The van der Waals surface area contributed by atoms with Crippen molar-refractivity contribution in [3.05, 3.63) is 29.5 Å². The zero-order chi connectivity index (χ0) is 23.1. The normalized spacial score (nSPS) is 16.2. The predicted molar refractivity (Wildman–Crippen MR) is 125 cm³/mol. The van der Waals surface area contributed by atoms with Crippen molar-refractivity contribution in [1.82, 2.24) is 15.2 Å². The molecule has 1 amide bonds. The van der Waals surface area contributed by atoms with Crippen LogP contribution in [0.3, 0.4) is 0 Å². The largest absolute Gasteiger partial charge is 0.398 e. The molecule has 0 unspecified atom stereocenters. The molecular weight excluding hydrogens is 410 g/mol. The van der Waals surface area contributed by atoms with Gasteiger partial charge in [0.15, 0.2) is 11.5 Å². The summed E-state index contributed by atoms with van der Waals surface area (Å²) in [5.74, 6) is -0.393. The molecule has 0 saturated heterocycles. The SMILES string of the molecule is COC[C@H](N)[C@@H](C)Nc1nnc(C(N)=O)c(Nc2ccc(C=NC3CCCC3)c(N)c2)n1. The fraction of sp³-hybridized carbons (Fsp3) is 0.476. The van der Waals surface area contributed by atoms with E-state index in [0.29, 0.717) is 24.0 Å². The molecule has 1 fully saturated rings. The van der Waals surface area contributed by atoms with E-state index in [1.165, 1.54) is 12.8 Å². The van der Waals surface area contributed by atoms with Crippen LogP contribution in [0, 0.1) is 0 Å². The van der Waals surface area contributed by atoms with Crippen molar-refractivity contribution in [2.24, 2.45) is 16.5 Å². The number of nitrogens with two attached hydrogens (primary N) is 3. The molecule has 0 bridgehead atoms. The number of nitrogens with one attached hydrogen (secondary N) is 2. The second kappa shape index (κ2) is 10.8. The van der Waals surface area contributed by atoms with Crippen LogP contribution in [0.1, 0.15) is 48.7 Å². The van der Waals surface area contributed by atoms with Crippen LogP contribution in [0.4, 0.5) is 23.1 Å². The third-order valence-corrected chi connectivity index (χ3v) is 5.38. The van der Waals surface area contributed by atoms with Crippen molar-refractivity contribution in [2.45, 2.75) is 50.7 Å². The van der Waals surface area contributed by atoms with E-state index >= 15 is 0 Å². The Balaban J connectivity index is 1.77. The molecular formula is C21H31N9O2. The van der Waals surface area contributed by atoms with Crippen molar-refractivity contribution in [2.75, 3.05) is 30.1 Å². The minimum Gasteiger partial charge on any atom is -0.398 e. The number of rotatable bonds is 10. The van der Waals surface area contributed by atoms with Gasteiger partial charge in [-0.3, -0.25) is 9.79 Å². The number of ether oxygens (including phenoxy) is 1. The van der Waals surface area contributed by atoms with E-state index in [0.717, 1.165) is 18.4 Å². The molecule has 0 aliphatic heterocycles. The van der Waals surface area contributed by atoms with Gasteiger partial charge in [0, 0.05) is 48.4 Å². The topological polar surface area (TPSA) is 179 Å². The third-order valence-electron chi connectivity index (χ3n) is 5.38. The van der Waals surface area contributed by atoms with Gasteiger partial charge < -0.3 is 32.6 Å². The predicted octanol–water partition coefficient (Wildman–Crippen LogP) is 1.43.